The van der Waals surface area contributed by atoms with Crippen LogP contribution in [0.4, 0.5) is 13.2 Å². The highest BCUT2D eigenvalue weighted by Crippen LogP contribution is 2.64. The maximum atomic E-state index is 12.9. The number of amides is 3. The average molecular weight is 450 g/mol. The van der Waals surface area contributed by atoms with E-state index in [0.29, 0.717) is 24.8 Å². The van der Waals surface area contributed by atoms with Crippen LogP contribution in [-0.4, -0.2) is 66.2 Å². The van der Waals surface area contributed by atoms with Gasteiger partial charge in [0.15, 0.2) is 0 Å². The number of halogens is 3. The zero-order valence-corrected chi connectivity index (χ0v) is 19.0. The molecule has 3 amide bonds. The summed E-state index contributed by atoms with van der Waals surface area (Å²) >= 11 is 0. The summed E-state index contributed by atoms with van der Waals surface area (Å²) < 4.78 is 43.6. The predicted octanol–water partition coefficient (Wildman–Crippen LogP) is 2.24. The molecule has 178 valence electrons. The van der Waals surface area contributed by atoms with E-state index in [-0.39, 0.29) is 23.6 Å². The highest BCUT2D eigenvalue weighted by Gasteiger charge is 2.66. The number of fused-ring (bicyclic) bond motifs is 1. The molecule has 7 nitrogen and oxygen atoms in total. The number of alkyl halides is 3. The van der Waals surface area contributed by atoms with E-state index in [1.54, 1.807) is 11.8 Å². The van der Waals surface area contributed by atoms with Gasteiger partial charge in [-0.15, -0.1) is 0 Å². The molecule has 2 aliphatic carbocycles. The van der Waals surface area contributed by atoms with Gasteiger partial charge in [-0.05, 0) is 57.8 Å². The molecule has 0 bridgehead atoms. The molecule has 1 heterocycles. The number of ether oxygens (including phenoxy) is 1. The van der Waals surface area contributed by atoms with Crippen LogP contribution in [0.3, 0.4) is 0 Å². The normalized spacial score (nSPS) is 28.1. The van der Waals surface area contributed by atoms with Crippen LogP contribution in [0.5, 0.6) is 0 Å². The first kappa shape index (κ1) is 25.4. The van der Waals surface area contributed by atoms with Gasteiger partial charge in [-0.3, -0.25) is 14.4 Å². The van der Waals surface area contributed by atoms with Crippen molar-refractivity contribution in [3.63, 3.8) is 0 Å². The number of rotatable bonds is 7. The van der Waals surface area contributed by atoms with Gasteiger partial charge in [0.25, 0.3) is 0 Å². The van der Waals surface area contributed by atoms with Crippen LogP contribution in [0.25, 0.3) is 0 Å². The summed E-state index contributed by atoms with van der Waals surface area (Å²) in [7, 11) is 0. The molecule has 5 atom stereocenters. The Morgan fingerprint density at radius 2 is 1.77 bits per heavy atom. The smallest absolute Gasteiger partial charge is 0.373 e. The first-order chi connectivity index (χ1) is 14.2. The molecule has 3 rings (SSSR count). The van der Waals surface area contributed by atoms with Gasteiger partial charge >= 0.3 is 12.1 Å². The summed E-state index contributed by atoms with van der Waals surface area (Å²) in [5, 5.41) is 4.39. The van der Waals surface area contributed by atoms with E-state index in [1.807, 2.05) is 26.1 Å². The lowest BCUT2D eigenvalue weighted by Crippen LogP contribution is -2.58. The lowest BCUT2D eigenvalue weighted by Gasteiger charge is -2.34. The minimum atomic E-state index is -5.03. The Hall–Kier alpha value is -1.84. The third kappa shape index (κ3) is 6.11. The summed E-state index contributed by atoms with van der Waals surface area (Å²) in [6.07, 6.45) is -3.50. The molecule has 3 fully saturated rings. The number of likely N-dealkylation sites (tertiary alicyclic amines) is 1. The van der Waals surface area contributed by atoms with Gasteiger partial charge in [0.1, 0.15) is 6.04 Å². The first-order valence-corrected chi connectivity index (χ1v) is 10.7. The Bertz CT molecular complexity index is 679. The van der Waals surface area contributed by atoms with Crippen LogP contribution in [0.2, 0.25) is 0 Å². The van der Waals surface area contributed by atoms with E-state index in [0.717, 1.165) is 12.8 Å². The largest absolute Gasteiger partial charge is 0.471 e. The Morgan fingerprint density at radius 3 is 2.13 bits per heavy atom. The second-order valence-corrected chi connectivity index (χ2v) is 9.61. The summed E-state index contributed by atoms with van der Waals surface area (Å²) in [6, 6.07) is -1.09. The van der Waals surface area contributed by atoms with E-state index < -0.39 is 30.1 Å². The van der Waals surface area contributed by atoms with Crippen LogP contribution in [-0.2, 0) is 19.1 Å². The Balaban J connectivity index is 0.000000501. The second kappa shape index (κ2) is 9.34. The van der Waals surface area contributed by atoms with Crippen molar-refractivity contribution in [2.45, 2.75) is 90.9 Å². The van der Waals surface area contributed by atoms with E-state index >= 15 is 0 Å². The monoisotopic (exact) mass is 449 g/mol. The van der Waals surface area contributed by atoms with E-state index in [9.17, 15) is 27.6 Å². The zero-order valence-electron chi connectivity index (χ0n) is 19.0. The van der Waals surface area contributed by atoms with E-state index in [4.69, 9.17) is 4.74 Å². The maximum absolute atomic E-state index is 12.9. The fourth-order valence-electron chi connectivity index (χ4n) is 4.46. The Kier molecular flexibility index (Phi) is 7.66. The molecule has 31 heavy (non-hydrogen) atoms. The molecule has 1 saturated heterocycles. The van der Waals surface area contributed by atoms with Gasteiger partial charge in [0, 0.05) is 18.6 Å². The lowest BCUT2D eigenvalue weighted by atomic mass is 10.0. The van der Waals surface area contributed by atoms with Crippen molar-refractivity contribution in [1.29, 1.82) is 0 Å². The van der Waals surface area contributed by atoms with E-state index in [1.165, 1.54) is 0 Å². The third-order valence-electron chi connectivity index (χ3n) is 6.44. The minimum Gasteiger partial charge on any atom is -0.373 e. The highest BCUT2D eigenvalue weighted by molar-refractivity contribution is 5.90. The maximum Gasteiger partial charge on any atom is 0.471 e. The third-order valence-corrected chi connectivity index (χ3v) is 6.44. The number of carbonyl (C=O) groups is 3. The summed E-state index contributed by atoms with van der Waals surface area (Å²) in [4.78, 5) is 35.4. The molecule has 3 unspecified atom stereocenters. The van der Waals surface area contributed by atoms with Crippen molar-refractivity contribution < 1.29 is 32.3 Å². The number of nitrogens with one attached hydrogen (secondary N) is 2. The zero-order chi connectivity index (χ0) is 23.7. The van der Waals surface area contributed by atoms with Gasteiger partial charge in [-0.25, -0.2) is 0 Å². The molecule has 0 aromatic rings. The number of carbonyl (C=O) groups excluding carboxylic acids is 3. The summed E-state index contributed by atoms with van der Waals surface area (Å²) in [6.45, 7) is 12.1. The average Bonchev–Trinajstić information content (AvgIpc) is 3.49. The van der Waals surface area contributed by atoms with Crippen molar-refractivity contribution in [3.05, 3.63) is 0 Å². The van der Waals surface area contributed by atoms with Crippen LogP contribution in [0.1, 0.15) is 54.4 Å². The quantitative estimate of drug-likeness (QED) is 0.584. The molecule has 2 saturated carbocycles. The minimum absolute atomic E-state index is 0.0311. The molecule has 10 heteroatoms. The van der Waals surface area contributed by atoms with Crippen molar-refractivity contribution in [3.8, 4) is 0 Å². The van der Waals surface area contributed by atoms with Gasteiger partial charge in [0.2, 0.25) is 12.3 Å². The fraction of sp³-hybridized carbons (Fsp3) is 0.857. The van der Waals surface area contributed by atoms with E-state index in [2.05, 4.69) is 19.2 Å². The van der Waals surface area contributed by atoms with Crippen LogP contribution >= 0.6 is 0 Å². The number of piperidine rings is 1. The van der Waals surface area contributed by atoms with Crippen molar-refractivity contribution in [1.82, 2.24) is 15.5 Å². The Labute approximate surface area is 181 Å². The van der Waals surface area contributed by atoms with Crippen molar-refractivity contribution in [2.75, 3.05) is 6.54 Å². The van der Waals surface area contributed by atoms with Gasteiger partial charge < -0.3 is 20.3 Å². The molecule has 0 aromatic heterocycles. The topological polar surface area (TPSA) is 87.7 Å². The number of hydrogen-bond donors (Lipinski definition) is 2. The molecular formula is C21H34F3N3O4. The van der Waals surface area contributed by atoms with Crippen LogP contribution in [0, 0.1) is 17.3 Å². The summed E-state index contributed by atoms with van der Waals surface area (Å²) in [5.41, 5.74) is 0.164. The molecule has 3 aliphatic rings. The Morgan fingerprint density at radius 1 is 1.19 bits per heavy atom. The molecule has 0 radical (unpaired) electrons. The van der Waals surface area contributed by atoms with Gasteiger partial charge in [-0.1, -0.05) is 13.8 Å². The molecule has 0 aromatic carbocycles. The predicted molar refractivity (Wildman–Crippen MR) is 108 cm³/mol. The standard InChI is InChI=1S/C17H25F3N2O3.C4H9NO/c1-8-12-11(16(12,3)4)7-22(8)14(23)13(9(2)25-10-5-6-10)21-15(24)17(18,19)20;1-4(2)5-3-6/h8-13H,5-7H2,1-4H3,(H,21,24);3-4H,1-2H3,(H,5,6)/t8-,9-,11?,12?,13?;/m1./s1. The summed E-state index contributed by atoms with van der Waals surface area (Å²) in [5.74, 6) is -1.86. The molecular weight excluding hydrogens is 415 g/mol. The molecule has 2 N–H and O–H groups in total. The lowest BCUT2D eigenvalue weighted by molar-refractivity contribution is -0.176. The molecule has 0 spiro atoms. The van der Waals surface area contributed by atoms with Crippen molar-refractivity contribution in [2.24, 2.45) is 17.3 Å². The van der Waals surface area contributed by atoms with Crippen molar-refractivity contribution >= 4 is 18.2 Å². The highest BCUT2D eigenvalue weighted by atomic mass is 19.4. The molecule has 1 aliphatic heterocycles. The second-order valence-electron chi connectivity index (χ2n) is 9.61. The number of nitrogens with zero attached hydrogens (tertiary/aromatic N) is 1. The van der Waals surface area contributed by atoms with Gasteiger partial charge in [0.05, 0.1) is 12.2 Å². The first-order valence-electron chi connectivity index (χ1n) is 10.7. The van der Waals surface area contributed by atoms with Crippen LogP contribution < -0.4 is 10.6 Å². The SMILES string of the molecule is CC(C)NC=O.C[C@@H]1C2C(CN1C(=O)C(NC(=O)C(F)(F)F)[C@@H](C)OC1CC1)C2(C)C. The van der Waals surface area contributed by atoms with Crippen LogP contribution in [0.15, 0.2) is 0 Å². The fourth-order valence-corrected chi connectivity index (χ4v) is 4.46. The van der Waals surface area contributed by atoms with Gasteiger partial charge in [-0.2, -0.15) is 13.2 Å². The number of hydrogen-bond acceptors (Lipinski definition) is 4.